The maximum atomic E-state index is 13.4. The summed E-state index contributed by atoms with van der Waals surface area (Å²) in [6.07, 6.45) is 3.11. The Kier molecular flexibility index (Phi) is 8.32. The number of thiazole rings is 1. The number of nitrogens with zero attached hydrogens (tertiary/aromatic N) is 2. The standard InChI is InChI=1S/C28H28N4O5S/c1-4-6-7-18-8-12-20(13-9-18)30-25(34)23-24(38-28-29-17(3)16-22(33)32(23)28)26(35)31-21-14-10-19(11-15-21)27(36)37-5-2/h8-16H,4-7H2,1-3H3,(H,30,34)(H,31,35). The Morgan fingerprint density at radius 2 is 1.58 bits per heavy atom. The Morgan fingerprint density at radius 3 is 2.21 bits per heavy atom. The highest BCUT2D eigenvalue weighted by atomic mass is 32.1. The third kappa shape index (κ3) is 5.97. The van der Waals surface area contributed by atoms with Gasteiger partial charge in [-0.05, 0) is 68.7 Å². The van der Waals surface area contributed by atoms with Gasteiger partial charge in [0, 0.05) is 23.1 Å². The summed E-state index contributed by atoms with van der Waals surface area (Å²) in [6.45, 7) is 5.77. The van der Waals surface area contributed by atoms with Crippen LogP contribution in [-0.2, 0) is 11.2 Å². The van der Waals surface area contributed by atoms with E-state index in [4.69, 9.17) is 4.74 Å². The summed E-state index contributed by atoms with van der Waals surface area (Å²) in [5.41, 5.74) is 2.39. The van der Waals surface area contributed by atoms with Gasteiger partial charge in [0.05, 0.1) is 12.2 Å². The molecule has 2 amide bonds. The molecule has 0 fully saturated rings. The molecule has 0 aliphatic heterocycles. The fraction of sp³-hybridized carbons (Fsp3) is 0.250. The summed E-state index contributed by atoms with van der Waals surface area (Å²) in [5.74, 6) is -1.65. The monoisotopic (exact) mass is 532 g/mol. The topological polar surface area (TPSA) is 119 Å². The lowest BCUT2D eigenvalue weighted by Crippen LogP contribution is -2.25. The maximum absolute atomic E-state index is 13.4. The van der Waals surface area contributed by atoms with E-state index in [1.807, 2.05) is 12.1 Å². The first-order valence-electron chi connectivity index (χ1n) is 12.3. The van der Waals surface area contributed by atoms with Gasteiger partial charge in [0.1, 0.15) is 10.6 Å². The smallest absolute Gasteiger partial charge is 0.338 e. The molecular formula is C28H28N4O5S. The van der Waals surface area contributed by atoms with Crippen LogP contribution in [0.25, 0.3) is 4.96 Å². The first-order chi connectivity index (χ1) is 18.3. The average Bonchev–Trinajstić information content (AvgIpc) is 3.29. The van der Waals surface area contributed by atoms with E-state index in [0.717, 1.165) is 40.6 Å². The maximum Gasteiger partial charge on any atom is 0.338 e. The quantitative estimate of drug-likeness (QED) is 0.290. The highest BCUT2D eigenvalue weighted by Crippen LogP contribution is 2.24. The van der Waals surface area contributed by atoms with Crippen molar-refractivity contribution >= 4 is 45.5 Å². The van der Waals surface area contributed by atoms with Crippen LogP contribution in [0.15, 0.2) is 59.4 Å². The second-order valence-corrected chi connectivity index (χ2v) is 9.62. The minimum absolute atomic E-state index is 0.0340. The van der Waals surface area contributed by atoms with Crippen molar-refractivity contribution in [3.8, 4) is 0 Å². The van der Waals surface area contributed by atoms with Crippen molar-refractivity contribution in [1.29, 1.82) is 0 Å². The van der Waals surface area contributed by atoms with Crippen LogP contribution in [0, 0.1) is 6.92 Å². The summed E-state index contributed by atoms with van der Waals surface area (Å²) in [4.78, 5) is 56.1. The van der Waals surface area contributed by atoms with Crippen LogP contribution in [0.5, 0.6) is 0 Å². The number of anilines is 2. The van der Waals surface area contributed by atoms with E-state index in [1.165, 1.54) is 18.2 Å². The molecule has 2 aromatic carbocycles. The van der Waals surface area contributed by atoms with Crippen LogP contribution >= 0.6 is 11.3 Å². The number of esters is 1. The minimum atomic E-state index is -0.604. The van der Waals surface area contributed by atoms with Crippen LogP contribution in [0.4, 0.5) is 11.4 Å². The first kappa shape index (κ1) is 26.7. The molecule has 0 saturated heterocycles. The third-order valence-corrected chi connectivity index (χ3v) is 6.79. The lowest BCUT2D eigenvalue weighted by atomic mass is 10.1. The minimum Gasteiger partial charge on any atom is -0.462 e. The predicted octanol–water partition coefficient (Wildman–Crippen LogP) is 5.09. The van der Waals surface area contributed by atoms with Crippen LogP contribution in [-0.4, -0.2) is 33.8 Å². The van der Waals surface area contributed by atoms with Crippen molar-refractivity contribution in [3.63, 3.8) is 0 Å². The van der Waals surface area contributed by atoms with E-state index in [0.29, 0.717) is 22.6 Å². The molecule has 0 aliphatic carbocycles. The molecule has 0 atom stereocenters. The molecule has 38 heavy (non-hydrogen) atoms. The van der Waals surface area contributed by atoms with E-state index in [2.05, 4.69) is 22.5 Å². The number of hydrogen-bond donors (Lipinski definition) is 2. The number of benzene rings is 2. The van der Waals surface area contributed by atoms with Gasteiger partial charge in [-0.3, -0.25) is 14.4 Å². The number of hydrogen-bond acceptors (Lipinski definition) is 7. The van der Waals surface area contributed by atoms with Crippen LogP contribution in [0.1, 0.15) is 68.5 Å². The van der Waals surface area contributed by atoms with Crippen molar-refractivity contribution in [3.05, 3.63) is 92.3 Å². The second kappa shape index (κ2) is 11.8. The molecule has 0 unspecified atom stereocenters. The summed E-state index contributed by atoms with van der Waals surface area (Å²) in [6, 6.07) is 15.0. The number of carbonyl (C=O) groups is 3. The average molecular weight is 533 g/mol. The molecule has 0 bridgehead atoms. The number of rotatable bonds is 9. The number of carbonyl (C=O) groups excluding carboxylic acids is 3. The van der Waals surface area contributed by atoms with Gasteiger partial charge >= 0.3 is 5.97 Å². The number of unbranched alkanes of at least 4 members (excludes halogenated alkanes) is 1. The van der Waals surface area contributed by atoms with E-state index in [9.17, 15) is 19.2 Å². The number of fused-ring (bicyclic) bond motifs is 1. The van der Waals surface area contributed by atoms with Gasteiger partial charge in [-0.15, -0.1) is 0 Å². The molecule has 2 heterocycles. The van der Waals surface area contributed by atoms with Gasteiger partial charge in [0.15, 0.2) is 4.96 Å². The van der Waals surface area contributed by atoms with Gasteiger partial charge in [-0.1, -0.05) is 36.8 Å². The van der Waals surface area contributed by atoms with Crippen LogP contribution < -0.4 is 16.2 Å². The lowest BCUT2D eigenvalue weighted by Gasteiger charge is -2.09. The van der Waals surface area contributed by atoms with Crippen molar-refractivity contribution in [2.75, 3.05) is 17.2 Å². The Labute approximate surface area is 223 Å². The summed E-state index contributed by atoms with van der Waals surface area (Å²) >= 11 is 0.950. The van der Waals surface area contributed by atoms with E-state index < -0.39 is 23.3 Å². The molecule has 2 aromatic heterocycles. The number of amides is 2. The van der Waals surface area contributed by atoms with E-state index >= 15 is 0 Å². The summed E-state index contributed by atoms with van der Waals surface area (Å²) in [7, 11) is 0. The lowest BCUT2D eigenvalue weighted by molar-refractivity contribution is 0.0526. The molecular weight excluding hydrogens is 504 g/mol. The van der Waals surface area contributed by atoms with Gasteiger partial charge in [0.2, 0.25) is 0 Å². The molecule has 196 valence electrons. The molecule has 0 saturated carbocycles. The van der Waals surface area contributed by atoms with Gasteiger partial charge in [0.25, 0.3) is 17.4 Å². The van der Waals surface area contributed by atoms with Gasteiger partial charge < -0.3 is 15.4 Å². The number of aromatic nitrogens is 2. The molecule has 9 nitrogen and oxygen atoms in total. The highest BCUT2D eigenvalue weighted by molar-refractivity contribution is 7.19. The van der Waals surface area contributed by atoms with E-state index in [1.54, 1.807) is 38.1 Å². The zero-order valence-electron chi connectivity index (χ0n) is 21.4. The van der Waals surface area contributed by atoms with Crippen molar-refractivity contribution in [1.82, 2.24) is 9.38 Å². The fourth-order valence-electron chi connectivity index (χ4n) is 3.86. The van der Waals surface area contributed by atoms with Crippen molar-refractivity contribution in [2.45, 2.75) is 40.0 Å². The zero-order chi connectivity index (χ0) is 27.2. The van der Waals surface area contributed by atoms with Gasteiger partial charge in [-0.25, -0.2) is 14.2 Å². The number of aryl methyl sites for hydroxylation is 2. The van der Waals surface area contributed by atoms with Crippen molar-refractivity contribution in [2.24, 2.45) is 0 Å². The first-order valence-corrected chi connectivity index (χ1v) is 13.1. The Balaban J connectivity index is 1.64. The third-order valence-electron chi connectivity index (χ3n) is 5.75. The fourth-order valence-corrected chi connectivity index (χ4v) is 4.93. The van der Waals surface area contributed by atoms with E-state index in [-0.39, 0.29) is 22.1 Å². The zero-order valence-corrected chi connectivity index (χ0v) is 22.2. The summed E-state index contributed by atoms with van der Waals surface area (Å²) < 4.78 is 6.13. The second-order valence-electron chi connectivity index (χ2n) is 8.64. The number of ether oxygens (including phenoxy) is 1. The Bertz CT molecular complexity index is 1540. The molecule has 4 aromatic rings. The Morgan fingerprint density at radius 1 is 0.947 bits per heavy atom. The molecule has 0 aliphatic rings. The largest absolute Gasteiger partial charge is 0.462 e. The molecule has 4 rings (SSSR count). The number of nitrogens with one attached hydrogen (secondary N) is 2. The molecule has 0 spiro atoms. The SMILES string of the molecule is CCCCc1ccc(NC(=O)c2c(C(=O)Nc3ccc(C(=O)OCC)cc3)sc3nc(C)cc(=O)n23)cc1. The molecule has 2 N–H and O–H groups in total. The predicted molar refractivity (Wildman–Crippen MR) is 147 cm³/mol. The van der Waals surface area contributed by atoms with Crippen molar-refractivity contribution < 1.29 is 19.1 Å². The molecule has 10 heteroatoms. The van der Waals surface area contributed by atoms with Crippen LogP contribution in [0.2, 0.25) is 0 Å². The van der Waals surface area contributed by atoms with Gasteiger partial charge in [-0.2, -0.15) is 0 Å². The Hall–Kier alpha value is -4.31. The molecule has 0 radical (unpaired) electrons. The highest BCUT2D eigenvalue weighted by Gasteiger charge is 2.26. The normalized spacial score (nSPS) is 10.8. The summed E-state index contributed by atoms with van der Waals surface area (Å²) in [5, 5.41) is 5.54. The van der Waals surface area contributed by atoms with Crippen LogP contribution in [0.3, 0.4) is 0 Å².